The van der Waals surface area contributed by atoms with Crippen LogP contribution in [-0.2, 0) is 26.3 Å². The second-order valence-electron chi connectivity index (χ2n) is 7.83. The number of amides is 1. The number of fused-ring (bicyclic) bond motifs is 1. The zero-order valence-corrected chi connectivity index (χ0v) is 18.3. The maximum atomic E-state index is 13.6. The lowest BCUT2D eigenvalue weighted by molar-refractivity contribution is -0.150. The molecule has 1 amide bonds. The lowest BCUT2D eigenvalue weighted by Gasteiger charge is -2.47. The van der Waals surface area contributed by atoms with E-state index in [0.717, 1.165) is 30.4 Å². The Hall–Kier alpha value is -2.08. The maximum Gasteiger partial charge on any atom is 0.320 e. The number of benzene rings is 2. The molecule has 1 aliphatic heterocycles. The van der Waals surface area contributed by atoms with Gasteiger partial charge in [-0.1, -0.05) is 47.8 Å². The second-order valence-corrected chi connectivity index (χ2v) is 8.70. The zero-order valence-electron chi connectivity index (χ0n) is 16.8. The summed E-state index contributed by atoms with van der Waals surface area (Å²) in [5, 5.41) is 4.16. The van der Waals surface area contributed by atoms with Gasteiger partial charge in [0.2, 0.25) is 5.91 Å². The fraction of sp³-hybridized carbons (Fsp3) is 0.391. The number of esters is 1. The van der Waals surface area contributed by atoms with Gasteiger partial charge in [-0.25, -0.2) is 0 Å². The van der Waals surface area contributed by atoms with Crippen molar-refractivity contribution in [3.8, 4) is 0 Å². The van der Waals surface area contributed by atoms with E-state index in [4.69, 9.17) is 27.9 Å². The fourth-order valence-corrected chi connectivity index (χ4v) is 4.84. The minimum absolute atomic E-state index is 0.0502. The predicted octanol–water partition coefficient (Wildman–Crippen LogP) is 4.80. The Morgan fingerprint density at radius 1 is 1.20 bits per heavy atom. The fourth-order valence-electron chi connectivity index (χ4n) is 4.45. The minimum atomic E-state index is -1.04. The monoisotopic (exact) mass is 446 g/mol. The largest absolute Gasteiger partial charge is 0.465 e. The van der Waals surface area contributed by atoms with E-state index in [0.29, 0.717) is 28.8 Å². The van der Waals surface area contributed by atoms with Crippen molar-refractivity contribution in [1.82, 2.24) is 4.90 Å². The standard InChI is InChI=1S/C23H24Cl2N2O3/c1-2-30-21(28)14-27(18-7-4-8-18)23(13-15-5-3-6-16(24)11-15)19-10-9-17(25)12-20(19)26-22(23)29/h3,5-6,9-12,18H,2,4,7-8,13-14H2,1H3,(H,26,29). The molecule has 2 aromatic rings. The molecule has 5 nitrogen and oxygen atoms in total. The van der Waals surface area contributed by atoms with Gasteiger partial charge in [-0.05, 0) is 49.6 Å². The molecule has 0 saturated heterocycles. The van der Waals surface area contributed by atoms with E-state index in [1.807, 2.05) is 35.2 Å². The number of hydrogen-bond acceptors (Lipinski definition) is 4. The molecule has 1 atom stereocenters. The van der Waals surface area contributed by atoms with Crippen LogP contribution in [0.2, 0.25) is 10.0 Å². The molecule has 7 heteroatoms. The molecule has 2 aliphatic rings. The number of rotatable bonds is 7. The van der Waals surface area contributed by atoms with Gasteiger partial charge in [-0.2, -0.15) is 0 Å². The average molecular weight is 447 g/mol. The second kappa shape index (κ2) is 8.58. The van der Waals surface area contributed by atoms with Gasteiger partial charge in [0.25, 0.3) is 0 Å². The zero-order chi connectivity index (χ0) is 21.3. The topological polar surface area (TPSA) is 58.6 Å². The first kappa shape index (κ1) is 21.2. The summed E-state index contributed by atoms with van der Waals surface area (Å²) in [5.41, 5.74) is 1.40. The van der Waals surface area contributed by atoms with Crippen LogP contribution in [0.1, 0.15) is 37.3 Å². The van der Waals surface area contributed by atoms with Gasteiger partial charge in [0.1, 0.15) is 5.54 Å². The number of carbonyl (C=O) groups excluding carboxylic acids is 2. The Kier molecular flexibility index (Phi) is 6.05. The Morgan fingerprint density at radius 2 is 1.97 bits per heavy atom. The summed E-state index contributed by atoms with van der Waals surface area (Å²) in [6.45, 7) is 2.14. The molecular formula is C23H24Cl2N2O3. The number of nitrogens with one attached hydrogen (secondary N) is 1. The van der Waals surface area contributed by atoms with E-state index < -0.39 is 5.54 Å². The van der Waals surface area contributed by atoms with Crippen molar-refractivity contribution >= 4 is 40.8 Å². The number of halogens is 2. The molecule has 1 N–H and O–H groups in total. The first-order valence-electron chi connectivity index (χ1n) is 10.2. The first-order valence-corrected chi connectivity index (χ1v) is 11.0. The third-order valence-corrected chi connectivity index (χ3v) is 6.48. The molecule has 0 bridgehead atoms. The molecule has 0 spiro atoms. The maximum absolute atomic E-state index is 13.6. The highest BCUT2D eigenvalue weighted by molar-refractivity contribution is 6.31. The van der Waals surface area contributed by atoms with E-state index in [-0.39, 0.29) is 24.5 Å². The van der Waals surface area contributed by atoms with Crippen molar-refractivity contribution in [2.24, 2.45) is 0 Å². The quantitative estimate of drug-likeness (QED) is 0.620. The van der Waals surface area contributed by atoms with Gasteiger partial charge in [0.15, 0.2) is 0 Å². The van der Waals surface area contributed by atoms with Crippen molar-refractivity contribution in [1.29, 1.82) is 0 Å². The Bertz CT molecular complexity index is 977. The lowest BCUT2D eigenvalue weighted by atomic mass is 9.78. The molecule has 30 heavy (non-hydrogen) atoms. The van der Waals surface area contributed by atoms with Crippen LogP contribution < -0.4 is 5.32 Å². The molecule has 1 fully saturated rings. The summed E-state index contributed by atoms with van der Waals surface area (Å²) < 4.78 is 5.25. The third-order valence-electron chi connectivity index (χ3n) is 6.01. The van der Waals surface area contributed by atoms with Gasteiger partial charge in [-0.3, -0.25) is 14.5 Å². The van der Waals surface area contributed by atoms with Gasteiger partial charge < -0.3 is 10.1 Å². The molecule has 2 aromatic carbocycles. The molecule has 0 aromatic heterocycles. The number of hydrogen-bond donors (Lipinski definition) is 1. The van der Waals surface area contributed by atoms with Crippen LogP contribution >= 0.6 is 23.2 Å². The molecule has 1 unspecified atom stereocenters. The normalized spacial score (nSPS) is 20.6. The van der Waals surface area contributed by atoms with Crippen molar-refractivity contribution in [2.75, 3.05) is 18.5 Å². The summed E-state index contributed by atoms with van der Waals surface area (Å²) in [5.74, 6) is -0.485. The average Bonchev–Trinajstić information content (AvgIpc) is 2.91. The lowest BCUT2D eigenvalue weighted by Crippen LogP contribution is -2.59. The van der Waals surface area contributed by atoms with Gasteiger partial charge >= 0.3 is 5.97 Å². The van der Waals surface area contributed by atoms with Crippen LogP contribution in [0, 0.1) is 0 Å². The summed E-state index contributed by atoms with van der Waals surface area (Å²) in [7, 11) is 0. The van der Waals surface area contributed by atoms with E-state index in [1.165, 1.54) is 0 Å². The summed E-state index contributed by atoms with van der Waals surface area (Å²) in [4.78, 5) is 28.2. The first-order chi connectivity index (χ1) is 14.4. The van der Waals surface area contributed by atoms with Crippen molar-refractivity contribution in [3.05, 3.63) is 63.6 Å². The van der Waals surface area contributed by atoms with E-state index >= 15 is 0 Å². The Balaban J connectivity index is 1.84. The van der Waals surface area contributed by atoms with Crippen molar-refractivity contribution < 1.29 is 14.3 Å². The summed E-state index contributed by atoms with van der Waals surface area (Å²) in [6, 6.07) is 13.1. The molecular weight excluding hydrogens is 423 g/mol. The highest BCUT2D eigenvalue weighted by Gasteiger charge is 2.54. The molecule has 1 saturated carbocycles. The van der Waals surface area contributed by atoms with Crippen LogP contribution in [0.5, 0.6) is 0 Å². The highest BCUT2D eigenvalue weighted by Crippen LogP contribution is 2.47. The van der Waals surface area contributed by atoms with Gasteiger partial charge in [-0.15, -0.1) is 0 Å². The Labute approximate surface area is 186 Å². The van der Waals surface area contributed by atoms with Gasteiger partial charge in [0.05, 0.1) is 13.2 Å². The SMILES string of the molecule is CCOC(=O)CN(C1CCC1)C1(Cc2cccc(Cl)c2)C(=O)Nc2cc(Cl)ccc21. The number of nitrogens with zero attached hydrogens (tertiary/aromatic N) is 1. The third kappa shape index (κ3) is 3.82. The van der Waals surface area contributed by atoms with Crippen molar-refractivity contribution in [3.63, 3.8) is 0 Å². The Morgan fingerprint density at radius 3 is 2.63 bits per heavy atom. The minimum Gasteiger partial charge on any atom is -0.465 e. The number of ether oxygens (including phenoxy) is 1. The smallest absolute Gasteiger partial charge is 0.320 e. The van der Waals surface area contributed by atoms with Crippen molar-refractivity contribution in [2.45, 2.75) is 44.2 Å². The number of anilines is 1. The van der Waals surface area contributed by atoms with Crippen LogP contribution in [0.25, 0.3) is 0 Å². The molecule has 1 heterocycles. The number of carbonyl (C=O) groups is 2. The highest BCUT2D eigenvalue weighted by atomic mass is 35.5. The molecule has 0 radical (unpaired) electrons. The van der Waals surface area contributed by atoms with Gasteiger partial charge in [0, 0.05) is 33.8 Å². The predicted molar refractivity (Wildman–Crippen MR) is 118 cm³/mol. The summed E-state index contributed by atoms with van der Waals surface area (Å²) in [6.07, 6.45) is 3.34. The molecule has 1 aliphatic carbocycles. The van der Waals surface area contributed by atoms with E-state index in [1.54, 1.807) is 19.1 Å². The van der Waals surface area contributed by atoms with Crippen LogP contribution in [0.15, 0.2) is 42.5 Å². The van der Waals surface area contributed by atoms with E-state index in [9.17, 15) is 9.59 Å². The van der Waals surface area contributed by atoms with Crippen LogP contribution in [0.4, 0.5) is 5.69 Å². The molecule has 4 rings (SSSR count). The van der Waals surface area contributed by atoms with Crippen LogP contribution in [-0.4, -0.2) is 36.0 Å². The van der Waals surface area contributed by atoms with Crippen LogP contribution in [0.3, 0.4) is 0 Å². The molecule has 158 valence electrons. The summed E-state index contributed by atoms with van der Waals surface area (Å²) >= 11 is 12.4. The van der Waals surface area contributed by atoms with E-state index in [2.05, 4.69) is 5.32 Å².